The van der Waals surface area contributed by atoms with E-state index in [0.717, 1.165) is 0 Å². The van der Waals surface area contributed by atoms with Gasteiger partial charge in [0.25, 0.3) is 0 Å². The third-order valence-electron chi connectivity index (χ3n) is 3.72. The highest BCUT2D eigenvalue weighted by atomic mass is 32.2. The van der Waals surface area contributed by atoms with E-state index in [1.807, 2.05) is 0 Å². The first-order chi connectivity index (χ1) is 10.8. The second-order valence-electron chi connectivity index (χ2n) is 5.54. The molecule has 8 nitrogen and oxygen atoms in total. The molecule has 1 fully saturated rings. The monoisotopic (exact) mass is 362 g/mol. The minimum atomic E-state index is -2.96. The molecule has 0 spiro atoms. The van der Waals surface area contributed by atoms with Crippen LogP contribution in [0.25, 0.3) is 0 Å². The van der Waals surface area contributed by atoms with Crippen LogP contribution >= 0.6 is 11.8 Å². The van der Waals surface area contributed by atoms with Gasteiger partial charge in [-0.25, -0.2) is 8.42 Å². The van der Waals surface area contributed by atoms with Gasteiger partial charge in [0.05, 0.1) is 23.4 Å². The van der Waals surface area contributed by atoms with Crippen LogP contribution < -0.4 is 5.32 Å². The summed E-state index contributed by atoms with van der Waals surface area (Å²) in [4.78, 5) is 12.0. The average molecular weight is 362 g/mol. The number of hydrogen-bond acceptors (Lipinski definition) is 7. The number of sulfone groups is 1. The molecule has 2 heterocycles. The highest BCUT2D eigenvalue weighted by Gasteiger charge is 2.33. The van der Waals surface area contributed by atoms with Crippen molar-refractivity contribution >= 4 is 27.5 Å². The molecule has 1 saturated heterocycles. The van der Waals surface area contributed by atoms with Crippen LogP contribution in [0.2, 0.25) is 0 Å². The van der Waals surface area contributed by atoms with E-state index in [-0.39, 0.29) is 28.6 Å². The van der Waals surface area contributed by atoms with E-state index in [9.17, 15) is 13.2 Å². The van der Waals surface area contributed by atoms with E-state index < -0.39 is 9.84 Å². The van der Waals surface area contributed by atoms with Gasteiger partial charge in [-0.1, -0.05) is 11.8 Å². The van der Waals surface area contributed by atoms with Crippen LogP contribution in [0.1, 0.15) is 25.1 Å². The Morgan fingerprint density at radius 1 is 1.52 bits per heavy atom. The number of nitrogens with one attached hydrogen (secondary N) is 1. The Balaban J connectivity index is 1.98. The van der Waals surface area contributed by atoms with Crippen molar-refractivity contribution in [1.82, 2.24) is 20.1 Å². The molecule has 0 unspecified atom stereocenters. The zero-order valence-corrected chi connectivity index (χ0v) is 15.1. The van der Waals surface area contributed by atoms with Gasteiger partial charge >= 0.3 is 0 Å². The Kier molecular flexibility index (Phi) is 6.04. The summed E-state index contributed by atoms with van der Waals surface area (Å²) in [6, 6.07) is 0. The number of carbonyl (C=O) groups excluding carboxylic acids is 1. The largest absolute Gasteiger partial charge is 0.383 e. The van der Waals surface area contributed by atoms with Crippen LogP contribution in [0.5, 0.6) is 0 Å². The van der Waals surface area contributed by atoms with Gasteiger partial charge in [0.15, 0.2) is 15.0 Å². The Bertz CT molecular complexity index is 659. The van der Waals surface area contributed by atoms with E-state index in [2.05, 4.69) is 15.5 Å². The van der Waals surface area contributed by atoms with E-state index in [1.54, 1.807) is 25.6 Å². The lowest BCUT2D eigenvalue weighted by molar-refractivity contribution is -0.120. The predicted octanol–water partition coefficient (Wildman–Crippen LogP) is -0.0396. The number of thioether (sulfide) groups is 1. The topological polar surface area (TPSA) is 103 Å². The average Bonchev–Trinajstić information content (AvgIpc) is 3.02. The molecule has 0 aliphatic carbocycles. The third kappa shape index (κ3) is 4.67. The summed E-state index contributed by atoms with van der Waals surface area (Å²) in [6.45, 7) is 2.72. The third-order valence-corrected chi connectivity index (χ3v) is 6.62. The predicted molar refractivity (Wildman–Crippen MR) is 87.2 cm³/mol. The van der Waals surface area contributed by atoms with Gasteiger partial charge in [0, 0.05) is 26.6 Å². The molecule has 0 saturated carbocycles. The van der Waals surface area contributed by atoms with E-state index in [0.29, 0.717) is 30.6 Å². The Morgan fingerprint density at radius 2 is 2.26 bits per heavy atom. The second kappa shape index (κ2) is 7.63. The first-order valence-corrected chi connectivity index (χ1v) is 10.1. The normalized spacial score (nSPS) is 21.3. The molecule has 10 heteroatoms. The molecule has 130 valence electrons. The lowest BCUT2D eigenvalue weighted by atomic mass is 10.1. The summed E-state index contributed by atoms with van der Waals surface area (Å²) in [5.41, 5.74) is 0. The summed E-state index contributed by atoms with van der Waals surface area (Å²) >= 11 is 1.30. The van der Waals surface area contributed by atoms with Crippen molar-refractivity contribution in [3.63, 3.8) is 0 Å². The first-order valence-electron chi connectivity index (χ1n) is 7.37. The molecule has 0 bridgehead atoms. The second-order valence-corrected chi connectivity index (χ2v) is 9.08. The number of rotatable bonds is 7. The lowest BCUT2D eigenvalue weighted by Gasteiger charge is -2.12. The number of methoxy groups -OCH3 is 1. The minimum absolute atomic E-state index is 0.0972. The Hall–Kier alpha value is -1.13. The maximum absolute atomic E-state index is 12.0. The van der Waals surface area contributed by atoms with Gasteiger partial charge in [0.1, 0.15) is 5.82 Å². The van der Waals surface area contributed by atoms with Crippen molar-refractivity contribution < 1.29 is 17.9 Å². The van der Waals surface area contributed by atoms with Crippen molar-refractivity contribution in [2.24, 2.45) is 7.05 Å². The molecule has 1 aromatic heterocycles. The highest BCUT2D eigenvalue weighted by molar-refractivity contribution is 8.00. The van der Waals surface area contributed by atoms with Crippen LogP contribution in [0, 0.1) is 0 Å². The maximum atomic E-state index is 12.0. The lowest BCUT2D eigenvalue weighted by Crippen LogP contribution is -2.33. The molecule has 1 aromatic rings. The highest BCUT2D eigenvalue weighted by Crippen LogP contribution is 2.30. The Morgan fingerprint density at radius 3 is 2.87 bits per heavy atom. The fraction of sp³-hybridized carbons (Fsp3) is 0.769. The fourth-order valence-electron chi connectivity index (χ4n) is 2.41. The standard InChI is InChI=1S/C13H22N4O4S2/c1-9(12(18)14-5-6-21-3)22-13-16-15-11(17(13)2)10-4-7-23(19,20)8-10/h9-10H,4-8H2,1-3H3,(H,14,18)/t9-,10-/m0/s1. The Labute approximate surface area is 140 Å². The minimum Gasteiger partial charge on any atom is -0.383 e. The first kappa shape index (κ1) is 18.2. The van der Waals surface area contributed by atoms with E-state index >= 15 is 0 Å². The van der Waals surface area contributed by atoms with E-state index in [4.69, 9.17) is 4.74 Å². The smallest absolute Gasteiger partial charge is 0.233 e. The van der Waals surface area contributed by atoms with Crippen molar-refractivity contribution in [2.75, 3.05) is 31.8 Å². The SMILES string of the molecule is COCCNC(=O)[C@H](C)Sc1nnc([C@H]2CCS(=O)(=O)C2)n1C. The molecule has 1 amide bonds. The fourth-order valence-corrected chi connectivity index (χ4v) is 5.00. The summed E-state index contributed by atoms with van der Waals surface area (Å²) in [7, 11) is 0.417. The number of hydrogen-bond donors (Lipinski definition) is 1. The van der Waals surface area contributed by atoms with Gasteiger partial charge in [-0.05, 0) is 13.3 Å². The van der Waals surface area contributed by atoms with Crippen LogP contribution in [-0.4, -0.2) is 66.1 Å². The van der Waals surface area contributed by atoms with Crippen LogP contribution in [-0.2, 0) is 26.4 Å². The van der Waals surface area contributed by atoms with E-state index in [1.165, 1.54) is 11.8 Å². The van der Waals surface area contributed by atoms with Crippen molar-refractivity contribution in [1.29, 1.82) is 0 Å². The van der Waals surface area contributed by atoms with Crippen LogP contribution in [0.15, 0.2) is 5.16 Å². The molecular formula is C13H22N4O4S2. The number of aromatic nitrogens is 3. The molecule has 0 aromatic carbocycles. The van der Waals surface area contributed by atoms with Crippen molar-refractivity contribution in [3.8, 4) is 0 Å². The van der Waals surface area contributed by atoms with Gasteiger partial charge in [-0.15, -0.1) is 10.2 Å². The summed E-state index contributed by atoms with van der Waals surface area (Å²) in [6.07, 6.45) is 0.575. The van der Waals surface area contributed by atoms with Gasteiger partial charge in [-0.3, -0.25) is 4.79 Å². The molecule has 2 atom stereocenters. The number of carbonyl (C=O) groups is 1. The molecule has 1 aliphatic rings. The summed E-state index contributed by atoms with van der Waals surface area (Å²) in [5.74, 6) is 0.778. The zero-order chi connectivity index (χ0) is 17.0. The van der Waals surface area contributed by atoms with Crippen LogP contribution in [0.3, 0.4) is 0 Å². The maximum Gasteiger partial charge on any atom is 0.233 e. The molecular weight excluding hydrogens is 340 g/mol. The zero-order valence-electron chi connectivity index (χ0n) is 13.5. The van der Waals surface area contributed by atoms with Gasteiger partial charge in [0.2, 0.25) is 5.91 Å². The summed E-state index contributed by atoms with van der Waals surface area (Å²) < 4.78 is 29.9. The van der Waals surface area contributed by atoms with Gasteiger partial charge < -0.3 is 14.6 Å². The van der Waals surface area contributed by atoms with Crippen molar-refractivity contribution in [3.05, 3.63) is 5.82 Å². The molecule has 23 heavy (non-hydrogen) atoms. The molecule has 2 rings (SSSR count). The molecule has 0 radical (unpaired) electrons. The quantitative estimate of drug-likeness (QED) is 0.536. The molecule has 1 N–H and O–H groups in total. The van der Waals surface area contributed by atoms with Crippen LogP contribution in [0.4, 0.5) is 0 Å². The summed E-state index contributed by atoms with van der Waals surface area (Å²) in [5, 5.41) is 11.3. The van der Waals surface area contributed by atoms with Gasteiger partial charge in [-0.2, -0.15) is 0 Å². The number of nitrogens with zero attached hydrogens (tertiary/aromatic N) is 3. The molecule has 1 aliphatic heterocycles. The number of ether oxygens (including phenoxy) is 1. The van der Waals surface area contributed by atoms with Crippen molar-refractivity contribution in [2.45, 2.75) is 29.7 Å². The number of amides is 1.